The molecule has 0 saturated carbocycles. The van der Waals surface area contributed by atoms with E-state index in [1.165, 1.54) is 10.9 Å². The molecule has 2 heterocycles. The van der Waals surface area contributed by atoms with Crippen molar-refractivity contribution >= 4 is 12.3 Å². The Hall–Kier alpha value is -2.44. The summed E-state index contributed by atoms with van der Waals surface area (Å²) in [5.41, 5.74) is 0.902. The van der Waals surface area contributed by atoms with Crippen LogP contribution in [0.3, 0.4) is 0 Å². The summed E-state index contributed by atoms with van der Waals surface area (Å²) in [7, 11) is 0. The van der Waals surface area contributed by atoms with Crippen LogP contribution in [-0.4, -0.2) is 37.1 Å². The van der Waals surface area contributed by atoms with Gasteiger partial charge in [0.1, 0.15) is 11.4 Å². The molecule has 0 amide bonds. The Morgan fingerprint density at radius 2 is 2.38 bits per heavy atom. The van der Waals surface area contributed by atoms with Gasteiger partial charge < -0.3 is 10.1 Å². The quantitative estimate of drug-likeness (QED) is 0.729. The number of carbonyl (C=O) groups excluding carboxylic acids is 1. The van der Waals surface area contributed by atoms with E-state index < -0.39 is 5.97 Å². The first-order valence-corrected chi connectivity index (χ1v) is 4.42. The third-order valence-corrected chi connectivity index (χ3v) is 1.97. The lowest BCUT2D eigenvalue weighted by atomic mass is 10.4. The topological polar surface area (TPSA) is 101 Å². The van der Waals surface area contributed by atoms with Crippen molar-refractivity contribution in [1.82, 2.24) is 19.7 Å². The number of aryl methyl sites for hydroxylation is 1. The maximum Gasteiger partial charge on any atom is 0.354 e. The Morgan fingerprint density at radius 1 is 1.62 bits per heavy atom. The van der Waals surface area contributed by atoms with Crippen molar-refractivity contribution in [3.8, 4) is 5.95 Å². The number of H-pyrrole nitrogens is 1. The van der Waals surface area contributed by atoms with Gasteiger partial charge >= 0.3 is 5.97 Å². The van der Waals surface area contributed by atoms with E-state index in [1.54, 1.807) is 13.0 Å². The summed E-state index contributed by atoms with van der Waals surface area (Å²) in [5, 5.41) is 12.7. The molecule has 7 heteroatoms. The largest absolute Gasteiger partial charge is 0.477 e. The van der Waals surface area contributed by atoms with Gasteiger partial charge in [-0.3, -0.25) is 4.79 Å². The fourth-order valence-corrected chi connectivity index (χ4v) is 1.30. The lowest BCUT2D eigenvalue weighted by Gasteiger charge is -1.96. The molecule has 2 aromatic heterocycles. The van der Waals surface area contributed by atoms with E-state index in [0.717, 1.165) is 0 Å². The highest BCUT2D eigenvalue weighted by molar-refractivity contribution is 5.85. The maximum atomic E-state index is 10.7. The molecule has 0 aromatic carbocycles. The highest BCUT2D eigenvalue weighted by Crippen LogP contribution is 2.08. The molecule has 0 aliphatic heterocycles. The Balaban J connectivity index is 2.49. The number of aromatic amines is 1. The molecule has 7 nitrogen and oxygen atoms in total. The molecule has 0 spiro atoms. The molecule has 2 N–H and O–H groups in total. The molecular formula is C9H8N4O3. The minimum absolute atomic E-state index is 0.0556. The van der Waals surface area contributed by atoms with Crippen LogP contribution in [0.2, 0.25) is 0 Å². The van der Waals surface area contributed by atoms with E-state index in [2.05, 4.69) is 15.1 Å². The average Bonchev–Trinajstić information content (AvgIpc) is 2.82. The first kappa shape index (κ1) is 10.1. The van der Waals surface area contributed by atoms with E-state index in [-0.39, 0.29) is 11.6 Å². The number of carboxylic acid groups (broad SMARTS) is 1. The molecule has 16 heavy (non-hydrogen) atoms. The third-order valence-electron chi connectivity index (χ3n) is 1.97. The van der Waals surface area contributed by atoms with Crippen LogP contribution in [0.25, 0.3) is 5.95 Å². The van der Waals surface area contributed by atoms with E-state index in [0.29, 0.717) is 17.7 Å². The normalized spacial score (nSPS) is 10.3. The van der Waals surface area contributed by atoms with Gasteiger partial charge in [-0.05, 0) is 13.0 Å². The van der Waals surface area contributed by atoms with Crippen LogP contribution in [-0.2, 0) is 0 Å². The fraction of sp³-hybridized carbons (Fsp3) is 0.111. The Morgan fingerprint density at radius 3 is 2.94 bits per heavy atom. The Kier molecular flexibility index (Phi) is 2.28. The van der Waals surface area contributed by atoms with Gasteiger partial charge in [-0.15, -0.1) is 0 Å². The smallest absolute Gasteiger partial charge is 0.354 e. The lowest BCUT2D eigenvalue weighted by molar-refractivity contribution is 0.0691. The number of rotatable bonds is 3. The number of nitrogens with one attached hydrogen (secondary N) is 1. The van der Waals surface area contributed by atoms with E-state index in [1.807, 2.05) is 0 Å². The standard InChI is InChI=1S/C9H8N4O3/c1-5-2-6(4-14)13(12-5)9-10-3-7(11-9)8(15)16/h2-4H,1H3,(H,10,11)(H,15,16). The molecule has 2 aromatic rings. The minimum atomic E-state index is -1.12. The number of aldehydes is 1. The monoisotopic (exact) mass is 220 g/mol. The number of aromatic nitrogens is 4. The van der Waals surface area contributed by atoms with Gasteiger partial charge in [0.15, 0.2) is 6.29 Å². The minimum Gasteiger partial charge on any atom is -0.477 e. The van der Waals surface area contributed by atoms with Gasteiger partial charge in [0.25, 0.3) is 0 Å². The summed E-state index contributed by atoms with van der Waals surface area (Å²) in [6, 6.07) is 1.58. The number of nitrogens with zero attached hydrogens (tertiary/aromatic N) is 3. The highest BCUT2D eigenvalue weighted by atomic mass is 16.4. The molecule has 0 fully saturated rings. The second kappa shape index (κ2) is 3.61. The van der Waals surface area contributed by atoms with Crippen molar-refractivity contribution in [3.63, 3.8) is 0 Å². The predicted octanol–water partition coefficient (Wildman–Crippen LogP) is 0.415. The van der Waals surface area contributed by atoms with Gasteiger partial charge in [-0.1, -0.05) is 0 Å². The van der Waals surface area contributed by atoms with E-state index in [4.69, 9.17) is 5.11 Å². The van der Waals surface area contributed by atoms with Crippen LogP contribution >= 0.6 is 0 Å². The molecular weight excluding hydrogens is 212 g/mol. The molecule has 0 aliphatic rings. The van der Waals surface area contributed by atoms with Crippen LogP contribution < -0.4 is 0 Å². The summed E-state index contributed by atoms with van der Waals surface area (Å²) in [6.07, 6.45) is 1.80. The SMILES string of the molecule is Cc1cc(C=O)n(-c2ncc(C(=O)O)[nH]2)n1. The molecule has 0 saturated heterocycles. The van der Waals surface area contributed by atoms with Gasteiger partial charge in [0.2, 0.25) is 5.95 Å². The number of carboxylic acids is 1. The van der Waals surface area contributed by atoms with Gasteiger partial charge in [0.05, 0.1) is 11.9 Å². The van der Waals surface area contributed by atoms with Gasteiger partial charge in [-0.25, -0.2) is 9.78 Å². The third kappa shape index (κ3) is 1.58. The molecule has 0 unspecified atom stereocenters. The first-order chi connectivity index (χ1) is 7.61. The predicted molar refractivity (Wildman–Crippen MR) is 52.8 cm³/mol. The number of hydrogen-bond acceptors (Lipinski definition) is 4. The van der Waals surface area contributed by atoms with Crippen molar-refractivity contribution in [2.75, 3.05) is 0 Å². The van der Waals surface area contributed by atoms with Crippen molar-refractivity contribution in [3.05, 3.63) is 29.3 Å². The zero-order chi connectivity index (χ0) is 11.7. The first-order valence-electron chi connectivity index (χ1n) is 4.42. The van der Waals surface area contributed by atoms with Crippen molar-refractivity contribution in [2.24, 2.45) is 0 Å². The van der Waals surface area contributed by atoms with Crippen LogP contribution in [0.15, 0.2) is 12.3 Å². The summed E-state index contributed by atoms with van der Waals surface area (Å²) >= 11 is 0. The van der Waals surface area contributed by atoms with Crippen LogP contribution in [0.5, 0.6) is 0 Å². The number of carbonyl (C=O) groups is 2. The maximum absolute atomic E-state index is 10.7. The van der Waals surface area contributed by atoms with Crippen molar-refractivity contribution < 1.29 is 14.7 Å². The van der Waals surface area contributed by atoms with E-state index >= 15 is 0 Å². The molecule has 0 bridgehead atoms. The molecule has 2 rings (SSSR count). The number of imidazole rings is 1. The second-order valence-corrected chi connectivity index (χ2v) is 3.17. The summed E-state index contributed by atoms with van der Waals surface area (Å²) in [4.78, 5) is 27.8. The van der Waals surface area contributed by atoms with Crippen molar-refractivity contribution in [1.29, 1.82) is 0 Å². The summed E-state index contributed by atoms with van der Waals surface area (Å²) in [6.45, 7) is 1.73. The molecule has 0 atom stereocenters. The molecule has 0 aliphatic carbocycles. The van der Waals surface area contributed by atoms with E-state index in [9.17, 15) is 9.59 Å². The number of hydrogen-bond donors (Lipinski definition) is 2. The highest BCUT2D eigenvalue weighted by Gasteiger charge is 2.12. The zero-order valence-corrected chi connectivity index (χ0v) is 8.34. The van der Waals surface area contributed by atoms with Crippen molar-refractivity contribution in [2.45, 2.75) is 6.92 Å². The lowest BCUT2D eigenvalue weighted by Crippen LogP contribution is -2.04. The molecule has 82 valence electrons. The van der Waals surface area contributed by atoms with Crippen LogP contribution in [0, 0.1) is 6.92 Å². The summed E-state index contributed by atoms with van der Waals surface area (Å²) in [5.74, 6) is -0.914. The zero-order valence-electron chi connectivity index (χ0n) is 8.34. The van der Waals surface area contributed by atoms with Crippen LogP contribution in [0.1, 0.15) is 26.7 Å². The molecule has 0 radical (unpaired) electrons. The van der Waals surface area contributed by atoms with Gasteiger partial charge in [0, 0.05) is 0 Å². The van der Waals surface area contributed by atoms with Crippen LogP contribution in [0.4, 0.5) is 0 Å². The van der Waals surface area contributed by atoms with Gasteiger partial charge in [-0.2, -0.15) is 9.78 Å². The Labute approximate surface area is 89.7 Å². The average molecular weight is 220 g/mol. The fourth-order valence-electron chi connectivity index (χ4n) is 1.30. The second-order valence-electron chi connectivity index (χ2n) is 3.17. The summed E-state index contributed by atoms with van der Waals surface area (Å²) < 4.78 is 1.26. The number of aromatic carboxylic acids is 1. The Bertz CT molecular complexity index is 555.